The molecule has 1 fully saturated rings. The van der Waals surface area contributed by atoms with Crippen LogP contribution in [0.4, 0.5) is 5.82 Å². The first-order valence-electron chi connectivity index (χ1n) is 7.11. The van der Waals surface area contributed by atoms with Gasteiger partial charge in [-0.15, -0.1) is 0 Å². The van der Waals surface area contributed by atoms with E-state index in [1.54, 1.807) is 0 Å². The average molecular weight is 243 g/mol. The van der Waals surface area contributed by atoms with Crippen molar-refractivity contribution in [2.45, 2.75) is 44.9 Å². The summed E-state index contributed by atoms with van der Waals surface area (Å²) >= 11 is 0. The number of aromatic nitrogens is 2. The fraction of sp³-hybridized carbons (Fsp3) is 0.533. The van der Waals surface area contributed by atoms with Gasteiger partial charge in [-0.3, -0.25) is 4.40 Å². The highest BCUT2D eigenvalue weighted by molar-refractivity contribution is 5.57. The maximum Gasteiger partial charge on any atom is 0.138 e. The van der Waals surface area contributed by atoms with Gasteiger partial charge < -0.3 is 5.32 Å². The third-order valence-electron chi connectivity index (χ3n) is 3.59. The van der Waals surface area contributed by atoms with Crippen molar-refractivity contribution in [1.29, 1.82) is 0 Å². The molecule has 3 nitrogen and oxygen atoms in total. The quantitative estimate of drug-likeness (QED) is 0.782. The number of imidazole rings is 1. The molecule has 0 radical (unpaired) electrons. The standard InChI is InChI=1S/C15H21N3/c1-2-3-5-10-16-15-14(12-8-9-12)17-13-7-4-6-11-18(13)15/h4,6-7,11-12,16H,2-3,5,8-10H2,1H3. The van der Waals surface area contributed by atoms with Crippen LogP contribution in [0, 0.1) is 0 Å². The molecule has 3 heteroatoms. The predicted octanol–water partition coefficient (Wildman–Crippen LogP) is 3.81. The number of rotatable bonds is 6. The Morgan fingerprint density at radius 1 is 1.33 bits per heavy atom. The van der Waals surface area contributed by atoms with E-state index in [1.807, 2.05) is 0 Å². The molecule has 0 aromatic carbocycles. The Balaban J connectivity index is 1.84. The number of hydrogen-bond acceptors (Lipinski definition) is 2. The SMILES string of the molecule is CCCCCNc1c(C2CC2)nc2ccccn12. The van der Waals surface area contributed by atoms with Gasteiger partial charge in [0.25, 0.3) is 0 Å². The fourth-order valence-electron chi connectivity index (χ4n) is 2.41. The van der Waals surface area contributed by atoms with Crippen LogP contribution in [-0.2, 0) is 0 Å². The Morgan fingerprint density at radius 3 is 3.00 bits per heavy atom. The molecule has 0 amide bonds. The van der Waals surface area contributed by atoms with Crippen LogP contribution < -0.4 is 5.32 Å². The van der Waals surface area contributed by atoms with Crippen molar-refractivity contribution < 1.29 is 0 Å². The molecule has 18 heavy (non-hydrogen) atoms. The lowest BCUT2D eigenvalue weighted by molar-refractivity contribution is 0.741. The van der Waals surface area contributed by atoms with Crippen LogP contribution in [0.3, 0.4) is 0 Å². The van der Waals surface area contributed by atoms with Crippen LogP contribution in [0.2, 0.25) is 0 Å². The lowest BCUT2D eigenvalue weighted by Gasteiger charge is -2.07. The molecule has 0 bridgehead atoms. The minimum Gasteiger partial charge on any atom is -0.370 e. The maximum atomic E-state index is 4.77. The predicted molar refractivity (Wildman–Crippen MR) is 75.2 cm³/mol. The van der Waals surface area contributed by atoms with Crippen molar-refractivity contribution in [1.82, 2.24) is 9.38 Å². The Kier molecular flexibility index (Phi) is 3.22. The second-order valence-electron chi connectivity index (χ2n) is 5.18. The van der Waals surface area contributed by atoms with Crippen LogP contribution in [-0.4, -0.2) is 15.9 Å². The summed E-state index contributed by atoms with van der Waals surface area (Å²) < 4.78 is 2.19. The minimum atomic E-state index is 0.693. The molecular weight excluding hydrogens is 222 g/mol. The normalized spacial score (nSPS) is 15.2. The van der Waals surface area contributed by atoms with E-state index in [-0.39, 0.29) is 0 Å². The molecule has 3 rings (SSSR count). The van der Waals surface area contributed by atoms with Crippen molar-refractivity contribution in [3.05, 3.63) is 30.1 Å². The minimum absolute atomic E-state index is 0.693. The van der Waals surface area contributed by atoms with Crippen molar-refractivity contribution in [2.75, 3.05) is 11.9 Å². The van der Waals surface area contributed by atoms with Gasteiger partial charge in [0.05, 0.1) is 5.69 Å². The summed E-state index contributed by atoms with van der Waals surface area (Å²) in [5, 5.41) is 3.59. The Hall–Kier alpha value is -1.51. The Labute approximate surface area is 108 Å². The van der Waals surface area contributed by atoms with Crippen LogP contribution in [0.1, 0.15) is 50.6 Å². The van der Waals surface area contributed by atoms with E-state index < -0.39 is 0 Å². The third kappa shape index (κ3) is 2.22. The van der Waals surface area contributed by atoms with Crippen LogP contribution in [0.15, 0.2) is 24.4 Å². The molecule has 96 valence electrons. The van der Waals surface area contributed by atoms with Crippen LogP contribution in [0.5, 0.6) is 0 Å². The molecule has 1 aliphatic carbocycles. The Bertz CT molecular complexity index is 526. The largest absolute Gasteiger partial charge is 0.370 e. The van der Waals surface area contributed by atoms with Crippen LogP contribution >= 0.6 is 0 Å². The van der Waals surface area contributed by atoms with E-state index in [0.29, 0.717) is 5.92 Å². The highest BCUT2D eigenvalue weighted by Crippen LogP contribution is 2.43. The van der Waals surface area contributed by atoms with Gasteiger partial charge in [0.15, 0.2) is 0 Å². The smallest absolute Gasteiger partial charge is 0.138 e. The molecular formula is C15H21N3. The number of nitrogens with zero attached hydrogens (tertiary/aromatic N) is 2. The number of unbranched alkanes of at least 4 members (excludes halogenated alkanes) is 2. The lowest BCUT2D eigenvalue weighted by Crippen LogP contribution is -2.05. The molecule has 1 N–H and O–H groups in total. The van der Waals surface area contributed by atoms with Crippen molar-refractivity contribution in [3.63, 3.8) is 0 Å². The molecule has 1 aliphatic rings. The van der Waals surface area contributed by atoms with Gasteiger partial charge in [-0.05, 0) is 31.4 Å². The monoisotopic (exact) mass is 243 g/mol. The average Bonchev–Trinajstić information content (AvgIpc) is 3.17. The van der Waals surface area contributed by atoms with Gasteiger partial charge in [-0.25, -0.2) is 4.98 Å². The van der Waals surface area contributed by atoms with Gasteiger partial charge in [0, 0.05) is 18.7 Å². The topological polar surface area (TPSA) is 29.3 Å². The molecule has 0 aliphatic heterocycles. The number of anilines is 1. The van der Waals surface area contributed by atoms with Crippen molar-refractivity contribution >= 4 is 11.5 Å². The molecule has 0 unspecified atom stereocenters. The number of pyridine rings is 1. The molecule has 0 atom stereocenters. The van der Waals surface area contributed by atoms with E-state index in [4.69, 9.17) is 4.98 Å². The van der Waals surface area contributed by atoms with Crippen LogP contribution in [0.25, 0.3) is 5.65 Å². The first-order chi connectivity index (χ1) is 8.90. The fourth-order valence-corrected chi connectivity index (χ4v) is 2.41. The maximum absolute atomic E-state index is 4.77. The zero-order valence-electron chi connectivity index (χ0n) is 11.0. The summed E-state index contributed by atoms with van der Waals surface area (Å²) in [6.07, 6.45) is 8.50. The van der Waals surface area contributed by atoms with E-state index >= 15 is 0 Å². The molecule has 0 spiro atoms. The summed E-state index contributed by atoms with van der Waals surface area (Å²) in [6.45, 7) is 3.29. The van der Waals surface area contributed by atoms with Gasteiger partial charge >= 0.3 is 0 Å². The second kappa shape index (κ2) is 5.01. The summed E-state index contributed by atoms with van der Waals surface area (Å²) in [5.74, 6) is 1.92. The van der Waals surface area contributed by atoms with E-state index in [9.17, 15) is 0 Å². The van der Waals surface area contributed by atoms with Crippen molar-refractivity contribution in [2.24, 2.45) is 0 Å². The van der Waals surface area contributed by atoms with E-state index in [1.165, 1.54) is 43.6 Å². The summed E-state index contributed by atoms with van der Waals surface area (Å²) in [7, 11) is 0. The summed E-state index contributed by atoms with van der Waals surface area (Å²) in [4.78, 5) is 4.77. The van der Waals surface area contributed by atoms with Gasteiger partial charge in [0.2, 0.25) is 0 Å². The molecule has 2 aromatic heterocycles. The zero-order chi connectivity index (χ0) is 12.4. The number of hydrogen-bond donors (Lipinski definition) is 1. The van der Waals surface area contributed by atoms with Gasteiger partial charge in [-0.2, -0.15) is 0 Å². The number of nitrogens with one attached hydrogen (secondary N) is 1. The summed E-state index contributed by atoms with van der Waals surface area (Å²) in [6, 6.07) is 6.21. The van der Waals surface area contributed by atoms with Gasteiger partial charge in [0.1, 0.15) is 11.5 Å². The highest BCUT2D eigenvalue weighted by atomic mass is 15.1. The lowest BCUT2D eigenvalue weighted by atomic mass is 10.2. The Morgan fingerprint density at radius 2 is 2.22 bits per heavy atom. The first-order valence-corrected chi connectivity index (χ1v) is 7.11. The molecule has 0 saturated heterocycles. The third-order valence-corrected chi connectivity index (χ3v) is 3.59. The molecule has 1 saturated carbocycles. The van der Waals surface area contributed by atoms with E-state index in [0.717, 1.165) is 12.2 Å². The molecule has 2 heterocycles. The van der Waals surface area contributed by atoms with E-state index in [2.05, 4.69) is 41.0 Å². The zero-order valence-corrected chi connectivity index (χ0v) is 11.0. The van der Waals surface area contributed by atoms with Gasteiger partial charge in [-0.1, -0.05) is 25.8 Å². The molecule has 2 aromatic rings. The highest BCUT2D eigenvalue weighted by Gasteiger charge is 2.29. The summed E-state index contributed by atoms with van der Waals surface area (Å²) in [5.41, 5.74) is 2.34. The second-order valence-corrected chi connectivity index (χ2v) is 5.18. The number of fused-ring (bicyclic) bond motifs is 1. The van der Waals surface area contributed by atoms with Crippen molar-refractivity contribution in [3.8, 4) is 0 Å². The first kappa shape index (κ1) is 11.6.